The van der Waals surface area contributed by atoms with E-state index in [0.717, 1.165) is 10.7 Å². The van der Waals surface area contributed by atoms with Gasteiger partial charge in [-0.3, -0.25) is 9.36 Å². The third kappa shape index (κ3) is 2.05. The van der Waals surface area contributed by atoms with Crippen LogP contribution in [0.25, 0.3) is 10.9 Å². The molecule has 0 atom stereocenters. The summed E-state index contributed by atoms with van der Waals surface area (Å²) in [5.74, 6) is 0. The number of para-hydroxylation sites is 1. The molecule has 0 saturated heterocycles. The number of hydrogen-bond donors (Lipinski definition) is 0. The molecule has 3 nitrogen and oxygen atoms in total. The molecule has 18 heavy (non-hydrogen) atoms. The molecule has 0 radical (unpaired) electrons. The summed E-state index contributed by atoms with van der Waals surface area (Å²) < 4.78 is 1.69. The predicted octanol–water partition coefficient (Wildman–Crippen LogP) is 2.97. The van der Waals surface area contributed by atoms with Gasteiger partial charge in [-0.15, -0.1) is 0 Å². The molecule has 1 aliphatic carbocycles. The van der Waals surface area contributed by atoms with Gasteiger partial charge >= 0.3 is 0 Å². The van der Waals surface area contributed by atoms with Crippen LogP contribution in [0.2, 0.25) is 0 Å². The van der Waals surface area contributed by atoms with Crippen molar-refractivity contribution in [1.82, 2.24) is 9.55 Å². The molecule has 1 aliphatic rings. The maximum absolute atomic E-state index is 12.2. The highest BCUT2D eigenvalue weighted by Gasteiger charge is 2.19. The Labute approximate surface area is 110 Å². The van der Waals surface area contributed by atoms with Crippen molar-refractivity contribution in [2.75, 3.05) is 0 Å². The van der Waals surface area contributed by atoms with Crippen LogP contribution in [-0.4, -0.2) is 14.8 Å². The summed E-state index contributed by atoms with van der Waals surface area (Å²) in [6, 6.07) is 7.57. The van der Waals surface area contributed by atoms with Crippen LogP contribution in [0.5, 0.6) is 0 Å². The zero-order valence-electron chi connectivity index (χ0n) is 10.4. The van der Waals surface area contributed by atoms with E-state index in [1.165, 1.54) is 25.7 Å². The van der Waals surface area contributed by atoms with Crippen molar-refractivity contribution in [3.05, 3.63) is 34.6 Å². The first-order valence-corrected chi connectivity index (χ1v) is 7.26. The van der Waals surface area contributed by atoms with Gasteiger partial charge in [-0.05, 0) is 25.0 Å². The minimum absolute atomic E-state index is 0.0566. The summed E-state index contributed by atoms with van der Waals surface area (Å²) in [5, 5.41) is 2.19. The van der Waals surface area contributed by atoms with E-state index in [2.05, 4.69) is 4.98 Å². The molecule has 1 fully saturated rings. The van der Waals surface area contributed by atoms with Crippen molar-refractivity contribution in [2.45, 2.75) is 36.1 Å². The van der Waals surface area contributed by atoms with Crippen LogP contribution in [0.4, 0.5) is 0 Å². The topological polar surface area (TPSA) is 34.9 Å². The Kier molecular flexibility index (Phi) is 3.12. The number of benzene rings is 1. The van der Waals surface area contributed by atoms with Crippen molar-refractivity contribution in [1.29, 1.82) is 0 Å². The van der Waals surface area contributed by atoms with Crippen molar-refractivity contribution in [2.24, 2.45) is 7.05 Å². The Morgan fingerprint density at radius 2 is 2.00 bits per heavy atom. The van der Waals surface area contributed by atoms with E-state index < -0.39 is 0 Å². The van der Waals surface area contributed by atoms with E-state index >= 15 is 0 Å². The van der Waals surface area contributed by atoms with Gasteiger partial charge in [-0.2, -0.15) is 0 Å². The number of aromatic nitrogens is 2. The molecule has 0 unspecified atom stereocenters. The lowest BCUT2D eigenvalue weighted by Crippen LogP contribution is -2.20. The normalized spacial score (nSPS) is 16.5. The number of thioether (sulfide) groups is 1. The van der Waals surface area contributed by atoms with Gasteiger partial charge in [-0.1, -0.05) is 36.7 Å². The van der Waals surface area contributed by atoms with E-state index in [1.54, 1.807) is 16.3 Å². The minimum Gasteiger partial charge on any atom is -0.290 e. The maximum Gasteiger partial charge on any atom is 0.261 e. The molecule has 4 heteroatoms. The maximum atomic E-state index is 12.2. The Morgan fingerprint density at radius 3 is 2.78 bits per heavy atom. The summed E-state index contributed by atoms with van der Waals surface area (Å²) in [4.78, 5) is 16.9. The molecule has 94 valence electrons. The second-order valence-electron chi connectivity index (χ2n) is 4.80. The van der Waals surface area contributed by atoms with Crippen LogP contribution in [0, 0.1) is 0 Å². The van der Waals surface area contributed by atoms with Crippen molar-refractivity contribution in [3.8, 4) is 0 Å². The summed E-state index contributed by atoms with van der Waals surface area (Å²) >= 11 is 1.76. The second kappa shape index (κ2) is 4.76. The molecule has 0 bridgehead atoms. The van der Waals surface area contributed by atoms with E-state index in [9.17, 15) is 4.79 Å². The van der Waals surface area contributed by atoms with Crippen LogP contribution >= 0.6 is 11.8 Å². The van der Waals surface area contributed by atoms with Gasteiger partial charge in [0.25, 0.3) is 5.56 Å². The molecular weight excluding hydrogens is 244 g/mol. The van der Waals surface area contributed by atoms with E-state index in [-0.39, 0.29) is 5.56 Å². The lowest BCUT2D eigenvalue weighted by molar-refractivity contribution is 0.720. The Balaban J connectivity index is 2.06. The molecule has 1 aromatic heterocycles. The molecule has 0 N–H and O–H groups in total. The van der Waals surface area contributed by atoms with Crippen molar-refractivity contribution < 1.29 is 0 Å². The first-order chi connectivity index (χ1) is 8.75. The molecule has 2 aromatic rings. The number of fused-ring (bicyclic) bond motifs is 1. The Bertz CT molecular complexity index is 629. The lowest BCUT2D eigenvalue weighted by Gasteiger charge is -2.12. The van der Waals surface area contributed by atoms with Crippen LogP contribution < -0.4 is 5.56 Å². The van der Waals surface area contributed by atoms with Gasteiger partial charge in [0.1, 0.15) is 0 Å². The number of hydrogen-bond acceptors (Lipinski definition) is 3. The molecule has 1 heterocycles. The van der Waals surface area contributed by atoms with Crippen LogP contribution in [-0.2, 0) is 7.05 Å². The van der Waals surface area contributed by atoms with Gasteiger partial charge < -0.3 is 0 Å². The quantitative estimate of drug-likeness (QED) is 0.779. The van der Waals surface area contributed by atoms with Gasteiger partial charge in [0.2, 0.25) is 0 Å². The largest absolute Gasteiger partial charge is 0.290 e. The fourth-order valence-corrected chi connectivity index (χ4v) is 3.72. The fraction of sp³-hybridized carbons (Fsp3) is 0.429. The zero-order chi connectivity index (χ0) is 12.5. The molecule has 0 aliphatic heterocycles. The average molecular weight is 260 g/mol. The number of nitrogens with zero attached hydrogens (tertiary/aromatic N) is 2. The second-order valence-corrected chi connectivity index (χ2v) is 6.07. The lowest BCUT2D eigenvalue weighted by atomic mass is 10.2. The summed E-state index contributed by atoms with van der Waals surface area (Å²) in [6.45, 7) is 0. The molecule has 1 aromatic carbocycles. The summed E-state index contributed by atoms with van der Waals surface area (Å²) in [5.41, 5.74) is 0.863. The van der Waals surface area contributed by atoms with Gasteiger partial charge in [0.05, 0.1) is 10.9 Å². The fourth-order valence-electron chi connectivity index (χ4n) is 2.46. The van der Waals surface area contributed by atoms with E-state index in [1.807, 2.05) is 31.3 Å². The highest BCUT2D eigenvalue weighted by atomic mass is 32.2. The standard InChI is InChI=1S/C14H16N2OS/c1-16-13(17)11-8-4-5-9-12(11)15-14(16)18-10-6-2-3-7-10/h4-5,8-10H,2-3,6-7H2,1H3. The third-order valence-corrected chi connectivity index (χ3v) is 4.90. The smallest absolute Gasteiger partial charge is 0.261 e. The van der Waals surface area contributed by atoms with Gasteiger partial charge in [0.15, 0.2) is 5.16 Å². The molecule has 1 saturated carbocycles. The summed E-state index contributed by atoms with van der Waals surface area (Å²) in [6.07, 6.45) is 5.10. The first-order valence-electron chi connectivity index (χ1n) is 6.38. The molecule has 0 amide bonds. The first kappa shape index (κ1) is 11.8. The highest BCUT2D eigenvalue weighted by molar-refractivity contribution is 7.99. The van der Waals surface area contributed by atoms with Crippen LogP contribution in [0.3, 0.4) is 0 Å². The van der Waals surface area contributed by atoms with E-state index in [4.69, 9.17) is 0 Å². The Hall–Kier alpha value is -1.29. The van der Waals surface area contributed by atoms with Gasteiger partial charge in [0, 0.05) is 12.3 Å². The third-order valence-electron chi connectivity index (χ3n) is 3.52. The SMILES string of the molecule is Cn1c(SC2CCCC2)nc2ccccc2c1=O. The van der Waals surface area contributed by atoms with E-state index in [0.29, 0.717) is 10.6 Å². The molecule has 0 spiro atoms. The van der Waals surface area contributed by atoms with Crippen LogP contribution in [0.15, 0.2) is 34.2 Å². The molecular formula is C14H16N2OS. The molecule has 3 rings (SSSR count). The number of rotatable bonds is 2. The van der Waals surface area contributed by atoms with Gasteiger partial charge in [-0.25, -0.2) is 4.98 Å². The van der Waals surface area contributed by atoms with Crippen molar-refractivity contribution in [3.63, 3.8) is 0 Å². The minimum atomic E-state index is 0.0566. The van der Waals surface area contributed by atoms with Crippen LogP contribution in [0.1, 0.15) is 25.7 Å². The summed E-state index contributed by atoms with van der Waals surface area (Å²) in [7, 11) is 1.82. The van der Waals surface area contributed by atoms with Crippen molar-refractivity contribution >= 4 is 22.7 Å². The predicted molar refractivity (Wildman–Crippen MR) is 75.1 cm³/mol. The monoisotopic (exact) mass is 260 g/mol. The average Bonchev–Trinajstić information content (AvgIpc) is 2.89. The zero-order valence-corrected chi connectivity index (χ0v) is 11.2. The highest BCUT2D eigenvalue weighted by Crippen LogP contribution is 2.33. The Morgan fingerprint density at radius 1 is 1.28 bits per heavy atom.